The summed E-state index contributed by atoms with van der Waals surface area (Å²) in [5, 5.41) is 2.79. The van der Waals surface area contributed by atoms with Gasteiger partial charge >= 0.3 is 0 Å². The van der Waals surface area contributed by atoms with Crippen LogP contribution in [0.25, 0.3) is 11.4 Å². The third-order valence-corrected chi connectivity index (χ3v) is 2.55. The molecule has 0 aliphatic heterocycles. The van der Waals surface area contributed by atoms with Crippen molar-refractivity contribution in [2.75, 3.05) is 12.3 Å². The van der Waals surface area contributed by atoms with Gasteiger partial charge in [-0.2, -0.15) is 12.6 Å². The van der Waals surface area contributed by atoms with Crippen LogP contribution in [0, 0.1) is 0 Å². The molecular formula is C12H13N3OS. The number of thiol groups is 1. The monoisotopic (exact) mass is 247 g/mol. The van der Waals surface area contributed by atoms with E-state index in [0.29, 0.717) is 23.7 Å². The van der Waals surface area contributed by atoms with Crippen LogP contribution in [0.5, 0.6) is 0 Å². The molecule has 0 radical (unpaired) electrons. The van der Waals surface area contributed by atoms with Crippen molar-refractivity contribution in [1.82, 2.24) is 15.3 Å². The summed E-state index contributed by atoms with van der Waals surface area (Å²) >= 11 is 4.06. The second kappa shape index (κ2) is 5.54. The number of aromatic nitrogens is 2. The van der Waals surface area contributed by atoms with E-state index in [9.17, 15) is 4.79 Å². The zero-order chi connectivity index (χ0) is 12.1. The SMILES string of the molecule is O=C(NCCS)c1ccccc1-c1ncc[nH]1. The normalized spacial score (nSPS) is 10.2. The van der Waals surface area contributed by atoms with Crippen molar-refractivity contribution in [3.8, 4) is 11.4 Å². The second-order valence-corrected chi connectivity index (χ2v) is 3.91. The number of carbonyl (C=O) groups is 1. The van der Waals surface area contributed by atoms with Crippen molar-refractivity contribution >= 4 is 18.5 Å². The summed E-state index contributed by atoms with van der Waals surface area (Å²) in [6.45, 7) is 0.550. The van der Waals surface area contributed by atoms with Gasteiger partial charge in [0, 0.05) is 30.3 Å². The number of rotatable bonds is 4. The van der Waals surface area contributed by atoms with Gasteiger partial charge in [-0.1, -0.05) is 18.2 Å². The molecule has 0 aliphatic rings. The van der Waals surface area contributed by atoms with E-state index < -0.39 is 0 Å². The molecule has 0 spiro atoms. The van der Waals surface area contributed by atoms with Gasteiger partial charge in [0.05, 0.1) is 5.56 Å². The average molecular weight is 247 g/mol. The lowest BCUT2D eigenvalue weighted by atomic mass is 10.1. The van der Waals surface area contributed by atoms with Crippen LogP contribution in [0.3, 0.4) is 0 Å². The number of hydrogen-bond donors (Lipinski definition) is 3. The Bertz CT molecular complexity index is 496. The summed E-state index contributed by atoms with van der Waals surface area (Å²) in [4.78, 5) is 19.1. The largest absolute Gasteiger partial charge is 0.351 e. The predicted octanol–water partition coefficient (Wildman–Crippen LogP) is 1.74. The van der Waals surface area contributed by atoms with Crippen molar-refractivity contribution in [2.45, 2.75) is 0 Å². The molecule has 1 amide bonds. The van der Waals surface area contributed by atoms with Crippen LogP contribution in [0.15, 0.2) is 36.7 Å². The summed E-state index contributed by atoms with van der Waals surface area (Å²) in [7, 11) is 0. The number of H-pyrrole nitrogens is 1. The van der Waals surface area contributed by atoms with E-state index in [1.807, 2.05) is 18.2 Å². The third kappa shape index (κ3) is 2.68. The van der Waals surface area contributed by atoms with E-state index in [4.69, 9.17) is 0 Å². The first-order valence-corrected chi connectivity index (χ1v) is 5.94. The summed E-state index contributed by atoms with van der Waals surface area (Å²) in [6.07, 6.45) is 3.40. The van der Waals surface area contributed by atoms with Gasteiger partial charge in [0.25, 0.3) is 5.91 Å². The maximum absolute atomic E-state index is 11.9. The number of aromatic amines is 1. The Balaban J connectivity index is 2.31. The van der Waals surface area contributed by atoms with E-state index in [2.05, 4.69) is 27.9 Å². The molecule has 0 aliphatic carbocycles. The molecule has 2 N–H and O–H groups in total. The van der Waals surface area contributed by atoms with Gasteiger partial charge in [-0.3, -0.25) is 4.79 Å². The molecule has 0 bridgehead atoms. The Morgan fingerprint density at radius 1 is 1.41 bits per heavy atom. The number of imidazole rings is 1. The van der Waals surface area contributed by atoms with E-state index in [1.165, 1.54) is 0 Å². The minimum Gasteiger partial charge on any atom is -0.351 e. The molecule has 88 valence electrons. The number of hydrogen-bond acceptors (Lipinski definition) is 3. The van der Waals surface area contributed by atoms with Crippen LogP contribution in [0.2, 0.25) is 0 Å². The van der Waals surface area contributed by atoms with Crippen LogP contribution in [-0.2, 0) is 0 Å². The van der Waals surface area contributed by atoms with Crippen molar-refractivity contribution in [3.63, 3.8) is 0 Å². The standard InChI is InChI=1S/C12H13N3OS/c16-12(15-7-8-17)10-4-2-1-3-9(10)11-13-5-6-14-11/h1-6,17H,7-8H2,(H,13,14)(H,15,16). The molecule has 1 aromatic heterocycles. The third-order valence-electron chi connectivity index (χ3n) is 2.32. The predicted molar refractivity (Wildman–Crippen MR) is 70.2 cm³/mol. The Kier molecular flexibility index (Phi) is 3.82. The van der Waals surface area contributed by atoms with Gasteiger partial charge in [-0.15, -0.1) is 0 Å². The van der Waals surface area contributed by atoms with E-state index in [1.54, 1.807) is 18.5 Å². The van der Waals surface area contributed by atoms with Crippen molar-refractivity contribution in [2.24, 2.45) is 0 Å². The number of benzene rings is 1. The van der Waals surface area contributed by atoms with Crippen molar-refractivity contribution in [1.29, 1.82) is 0 Å². The van der Waals surface area contributed by atoms with Crippen LogP contribution in [0.4, 0.5) is 0 Å². The van der Waals surface area contributed by atoms with Gasteiger partial charge in [-0.25, -0.2) is 4.98 Å². The van der Waals surface area contributed by atoms with Gasteiger partial charge in [-0.05, 0) is 6.07 Å². The molecule has 5 heteroatoms. The number of carbonyl (C=O) groups excluding carboxylic acids is 1. The highest BCUT2D eigenvalue weighted by Gasteiger charge is 2.12. The van der Waals surface area contributed by atoms with Crippen LogP contribution in [-0.4, -0.2) is 28.2 Å². The smallest absolute Gasteiger partial charge is 0.252 e. The Morgan fingerprint density at radius 3 is 2.94 bits per heavy atom. The maximum Gasteiger partial charge on any atom is 0.252 e. The maximum atomic E-state index is 11.9. The molecule has 1 aromatic carbocycles. The zero-order valence-electron chi connectivity index (χ0n) is 9.18. The Hall–Kier alpha value is -1.75. The number of amides is 1. The highest BCUT2D eigenvalue weighted by molar-refractivity contribution is 7.80. The van der Waals surface area contributed by atoms with Crippen LogP contribution >= 0.6 is 12.6 Å². The van der Waals surface area contributed by atoms with E-state index in [-0.39, 0.29) is 5.91 Å². The fourth-order valence-corrected chi connectivity index (χ4v) is 1.68. The lowest BCUT2D eigenvalue weighted by molar-refractivity contribution is 0.0957. The summed E-state index contributed by atoms with van der Waals surface area (Å²) in [5.41, 5.74) is 1.42. The van der Waals surface area contributed by atoms with Gasteiger partial charge in [0.1, 0.15) is 5.82 Å². The van der Waals surface area contributed by atoms with Gasteiger partial charge < -0.3 is 10.3 Å². The Labute approximate surface area is 105 Å². The first kappa shape index (κ1) is 11.7. The van der Waals surface area contributed by atoms with E-state index in [0.717, 1.165) is 5.56 Å². The minimum absolute atomic E-state index is 0.106. The molecule has 1 heterocycles. The van der Waals surface area contributed by atoms with E-state index >= 15 is 0 Å². The van der Waals surface area contributed by atoms with Crippen molar-refractivity contribution in [3.05, 3.63) is 42.2 Å². The first-order valence-electron chi connectivity index (χ1n) is 5.31. The molecule has 0 unspecified atom stereocenters. The molecule has 0 atom stereocenters. The van der Waals surface area contributed by atoms with Crippen LogP contribution < -0.4 is 5.32 Å². The molecular weight excluding hydrogens is 234 g/mol. The lowest BCUT2D eigenvalue weighted by Crippen LogP contribution is -2.25. The molecule has 4 nitrogen and oxygen atoms in total. The zero-order valence-corrected chi connectivity index (χ0v) is 10.1. The number of nitrogens with zero attached hydrogens (tertiary/aromatic N) is 1. The molecule has 0 saturated heterocycles. The topological polar surface area (TPSA) is 57.8 Å². The molecule has 0 fully saturated rings. The van der Waals surface area contributed by atoms with Crippen LogP contribution in [0.1, 0.15) is 10.4 Å². The number of nitrogens with one attached hydrogen (secondary N) is 2. The fraction of sp³-hybridized carbons (Fsp3) is 0.167. The highest BCUT2D eigenvalue weighted by atomic mass is 32.1. The minimum atomic E-state index is -0.106. The highest BCUT2D eigenvalue weighted by Crippen LogP contribution is 2.19. The second-order valence-electron chi connectivity index (χ2n) is 3.46. The quantitative estimate of drug-likeness (QED) is 0.721. The summed E-state index contributed by atoms with van der Waals surface area (Å²) in [5.74, 6) is 1.21. The lowest BCUT2D eigenvalue weighted by Gasteiger charge is -2.07. The van der Waals surface area contributed by atoms with Gasteiger partial charge in [0.2, 0.25) is 0 Å². The molecule has 17 heavy (non-hydrogen) atoms. The summed E-state index contributed by atoms with van der Waals surface area (Å²) < 4.78 is 0. The first-order chi connectivity index (χ1) is 8.33. The molecule has 2 aromatic rings. The Morgan fingerprint density at radius 2 is 2.24 bits per heavy atom. The molecule has 2 rings (SSSR count). The molecule has 0 saturated carbocycles. The summed E-state index contributed by atoms with van der Waals surface area (Å²) in [6, 6.07) is 7.37. The van der Waals surface area contributed by atoms with Gasteiger partial charge in [0.15, 0.2) is 0 Å². The van der Waals surface area contributed by atoms with Crippen molar-refractivity contribution < 1.29 is 4.79 Å². The average Bonchev–Trinajstić information content (AvgIpc) is 2.89. The fourth-order valence-electron chi connectivity index (χ4n) is 1.56.